The van der Waals surface area contributed by atoms with Gasteiger partial charge in [0.1, 0.15) is 11.6 Å². The number of carbonyl (C=O) groups is 5. The van der Waals surface area contributed by atoms with E-state index >= 15 is 0 Å². The minimum absolute atomic E-state index is 0.0165. The molecule has 0 heterocycles. The molecule has 3 atom stereocenters. The van der Waals surface area contributed by atoms with E-state index in [2.05, 4.69) is 38.3 Å². The molecule has 0 fully saturated rings. The summed E-state index contributed by atoms with van der Waals surface area (Å²) in [5.41, 5.74) is -0.665. The molecule has 11 heteroatoms. The van der Waals surface area contributed by atoms with Crippen LogP contribution in [0.5, 0.6) is 0 Å². The first-order chi connectivity index (χ1) is 28.9. The van der Waals surface area contributed by atoms with Crippen molar-refractivity contribution in [3.8, 4) is 0 Å². The van der Waals surface area contributed by atoms with Crippen LogP contribution in [0.1, 0.15) is 235 Å². The van der Waals surface area contributed by atoms with Gasteiger partial charge in [-0.15, -0.1) is 0 Å². The highest BCUT2D eigenvalue weighted by Gasteiger charge is 2.24. The predicted molar refractivity (Wildman–Crippen MR) is 243 cm³/mol. The van der Waals surface area contributed by atoms with E-state index in [9.17, 15) is 24.0 Å². The lowest BCUT2D eigenvalue weighted by molar-refractivity contribution is -0.150. The summed E-state index contributed by atoms with van der Waals surface area (Å²) in [4.78, 5) is 63.9. The molecule has 11 nitrogen and oxygen atoms in total. The summed E-state index contributed by atoms with van der Waals surface area (Å²) in [6.45, 7) is 15.0. The fraction of sp³-hybridized carbons (Fsp3) is 0.898. The maximum atomic E-state index is 13.1. The zero-order chi connectivity index (χ0) is 44.7. The lowest BCUT2D eigenvalue weighted by Gasteiger charge is -2.21. The van der Waals surface area contributed by atoms with Gasteiger partial charge < -0.3 is 29.6 Å². The summed E-state index contributed by atoms with van der Waals surface area (Å²) in [5, 5.41) is 5.41. The summed E-state index contributed by atoms with van der Waals surface area (Å²) in [6, 6.07) is -0.944. The number of alkyl carbamates (subject to hydrolysis) is 1. The van der Waals surface area contributed by atoms with Crippen LogP contribution in [-0.4, -0.2) is 67.9 Å². The minimum atomic E-state index is -0.944. The van der Waals surface area contributed by atoms with Gasteiger partial charge in [-0.3, -0.25) is 14.4 Å². The Morgan fingerprint density at radius 2 is 0.833 bits per heavy atom. The fourth-order valence-corrected chi connectivity index (χ4v) is 7.16. The quantitative estimate of drug-likeness (QED) is 0.0349. The van der Waals surface area contributed by atoms with Crippen molar-refractivity contribution in [1.82, 2.24) is 10.6 Å². The van der Waals surface area contributed by atoms with Crippen LogP contribution >= 0.6 is 0 Å². The van der Waals surface area contributed by atoms with Gasteiger partial charge in [0.25, 0.3) is 0 Å². The molecular weight excluding hydrogens is 761 g/mol. The van der Waals surface area contributed by atoms with E-state index < -0.39 is 23.7 Å². The van der Waals surface area contributed by atoms with Gasteiger partial charge in [0.2, 0.25) is 5.91 Å². The summed E-state index contributed by atoms with van der Waals surface area (Å²) in [6.07, 6.45) is 27.4. The number of carbonyl (C=O) groups excluding carboxylic acids is 5. The molecule has 2 unspecified atom stereocenters. The van der Waals surface area contributed by atoms with Gasteiger partial charge >= 0.3 is 24.0 Å². The lowest BCUT2D eigenvalue weighted by Crippen LogP contribution is -2.44. The standard InChI is InChI=1S/C49H92N2O9/c1-8-12-16-19-22-27-34-42(33-26-18-14-10-3)46(54)57-38-28-23-20-21-24-29-39-59-47(55)43(36-37-50-48(56)60-49(5,6)7)51-44(52)35-30-40-58-45(53)41(31-15-11-4)32-25-17-13-9-2/h41-43H,8-40H2,1-7H3,(H,50,56)(H,51,52)/t41?,42?,43-/m0/s1. The third-order valence-electron chi connectivity index (χ3n) is 10.8. The van der Waals surface area contributed by atoms with E-state index in [1.807, 2.05) is 0 Å². The predicted octanol–water partition coefficient (Wildman–Crippen LogP) is 12.3. The third-order valence-corrected chi connectivity index (χ3v) is 10.8. The SMILES string of the molecule is CCCCCCCCC(CCCCCC)C(=O)OCCCCCCCCOC(=O)[C@H](CCNC(=O)OC(C)(C)C)NC(=O)CCCOC(=O)C(CCCC)CCCCCC. The Kier molecular flexibility index (Phi) is 37.2. The molecule has 60 heavy (non-hydrogen) atoms. The molecule has 0 spiro atoms. The van der Waals surface area contributed by atoms with Gasteiger partial charge in [0.15, 0.2) is 0 Å². The average molecular weight is 853 g/mol. The van der Waals surface area contributed by atoms with Crippen LogP contribution in [0.4, 0.5) is 4.79 Å². The van der Waals surface area contributed by atoms with Crippen molar-refractivity contribution in [2.24, 2.45) is 11.8 Å². The first kappa shape index (κ1) is 57.1. The summed E-state index contributed by atoms with van der Waals surface area (Å²) >= 11 is 0. The molecule has 0 aliphatic carbocycles. The van der Waals surface area contributed by atoms with E-state index in [0.29, 0.717) is 19.4 Å². The van der Waals surface area contributed by atoms with E-state index in [1.165, 1.54) is 51.4 Å². The number of amides is 2. The lowest BCUT2D eigenvalue weighted by atomic mass is 9.94. The van der Waals surface area contributed by atoms with Crippen LogP contribution < -0.4 is 10.6 Å². The Hall–Kier alpha value is -2.85. The van der Waals surface area contributed by atoms with Gasteiger partial charge in [0.05, 0.1) is 31.7 Å². The van der Waals surface area contributed by atoms with Crippen LogP contribution in [0, 0.1) is 11.8 Å². The maximum Gasteiger partial charge on any atom is 0.407 e. The Morgan fingerprint density at radius 3 is 1.30 bits per heavy atom. The number of nitrogens with one attached hydrogen (secondary N) is 2. The first-order valence-electron chi connectivity index (χ1n) is 24.6. The summed E-state index contributed by atoms with van der Waals surface area (Å²) < 4.78 is 22.2. The highest BCUT2D eigenvalue weighted by Crippen LogP contribution is 2.22. The van der Waals surface area contributed by atoms with Crippen molar-refractivity contribution in [2.45, 2.75) is 246 Å². The van der Waals surface area contributed by atoms with Crippen molar-refractivity contribution in [3.63, 3.8) is 0 Å². The van der Waals surface area contributed by atoms with Crippen LogP contribution in [0.15, 0.2) is 0 Å². The Labute approximate surface area is 367 Å². The van der Waals surface area contributed by atoms with Gasteiger partial charge in [-0.1, -0.05) is 156 Å². The molecular formula is C49H92N2O9. The Balaban J connectivity index is 4.71. The fourth-order valence-electron chi connectivity index (χ4n) is 7.16. The van der Waals surface area contributed by atoms with Crippen LogP contribution in [0.2, 0.25) is 0 Å². The third kappa shape index (κ3) is 34.8. The summed E-state index contributed by atoms with van der Waals surface area (Å²) in [7, 11) is 0. The molecule has 0 aliphatic heterocycles. The molecule has 2 amide bonds. The highest BCUT2D eigenvalue weighted by molar-refractivity contribution is 5.84. The Morgan fingerprint density at radius 1 is 0.450 bits per heavy atom. The highest BCUT2D eigenvalue weighted by atomic mass is 16.6. The van der Waals surface area contributed by atoms with Crippen LogP contribution in [0.3, 0.4) is 0 Å². The monoisotopic (exact) mass is 853 g/mol. The molecule has 0 aromatic carbocycles. The zero-order valence-corrected chi connectivity index (χ0v) is 39.7. The average Bonchev–Trinajstić information content (AvgIpc) is 3.20. The molecule has 0 aliphatic rings. The minimum Gasteiger partial charge on any atom is -0.465 e. The second-order valence-electron chi connectivity index (χ2n) is 17.9. The molecule has 0 rings (SSSR count). The van der Waals surface area contributed by atoms with Crippen LogP contribution in [-0.2, 0) is 38.1 Å². The molecule has 0 radical (unpaired) electrons. The molecule has 0 saturated carbocycles. The summed E-state index contributed by atoms with van der Waals surface area (Å²) in [5.74, 6) is -1.18. The number of unbranched alkanes of at least 4 members (excludes halogenated alkanes) is 17. The number of hydrogen-bond acceptors (Lipinski definition) is 9. The van der Waals surface area contributed by atoms with E-state index in [1.54, 1.807) is 20.8 Å². The van der Waals surface area contributed by atoms with Crippen LogP contribution in [0.25, 0.3) is 0 Å². The van der Waals surface area contributed by atoms with Crippen molar-refractivity contribution < 1.29 is 42.9 Å². The smallest absolute Gasteiger partial charge is 0.407 e. The number of hydrogen-bond donors (Lipinski definition) is 2. The first-order valence-corrected chi connectivity index (χ1v) is 24.6. The molecule has 0 saturated heterocycles. The van der Waals surface area contributed by atoms with Crippen molar-refractivity contribution in [2.75, 3.05) is 26.4 Å². The van der Waals surface area contributed by atoms with E-state index in [4.69, 9.17) is 18.9 Å². The van der Waals surface area contributed by atoms with Gasteiger partial charge in [-0.2, -0.15) is 0 Å². The molecule has 0 bridgehead atoms. The second-order valence-corrected chi connectivity index (χ2v) is 17.9. The molecule has 2 N–H and O–H groups in total. The zero-order valence-electron chi connectivity index (χ0n) is 39.7. The molecule has 0 aromatic heterocycles. The van der Waals surface area contributed by atoms with Gasteiger partial charge in [-0.05, 0) is 72.1 Å². The van der Waals surface area contributed by atoms with E-state index in [0.717, 1.165) is 109 Å². The maximum absolute atomic E-state index is 13.1. The van der Waals surface area contributed by atoms with E-state index in [-0.39, 0.29) is 62.3 Å². The van der Waals surface area contributed by atoms with Crippen molar-refractivity contribution in [1.29, 1.82) is 0 Å². The van der Waals surface area contributed by atoms with Crippen molar-refractivity contribution in [3.05, 3.63) is 0 Å². The number of rotatable bonds is 40. The second kappa shape index (κ2) is 39.0. The number of esters is 3. The van der Waals surface area contributed by atoms with Crippen molar-refractivity contribution >= 4 is 29.9 Å². The van der Waals surface area contributed by atoms with Gasteiger partial charge in [0, 0.05) is 13.0 Å². The Bertz CT molecular complexity index is 1090. The normalized spacial score (nSPS) is 12.9. The number of ether oxygens (including phenoxy) is 4. The van der Waals surface area contributed by atoms with Gasteiger partial charge in [-0.25, -0.2) is 9.59 Å². The molecule has 352 valence electrons. The largest absolute Gasteiger partial charge is 0.465 e. The molecule has 0 aromatic rings. The topological polar surface area (TPSA) is 146 Å².